The number of nitrogens with one attached hydrogen (secondary N) is 2. The van der Waals surface area contributed by atoms with Crippen LogP contribution in [0.3, 0.4) is 0 Å². The molecule has 1 aromatic rings. The van der Waals surface area contributed by atoms with Crippen LogP contribution in [0.15, 0.2) is 6.20 Å². The van der Waals surface area contributed by atoms with Crippen molar-refractivity contribution in [1.82, 2.24) is 20.4 Å². The van der Waals surface area contributed by atoms with Gasteiger partial charge in [-0.1, -0.05) is 0 Å². The molecular formula is C16H24N4O4. The number of nitrogens with zero attached hydrogens (tertiary/aromatic N) is 2. The summed E-state index contributed by atoms with van der Waals surface area (Å²) in [5.41, 5.74) is 1.26. The van der Waals surface area contributed by atoms with Crippen LogP contribution in [0.5, 0.6) is 0 Å². The van der Waals surface area contributed by atoms with Crippen LogP contribution in [-0.2, 0) is 28.0 Å². The Morgan fingerprint density at radius 2 is 2.12 bits per heavy atom. The number of rotatable bonds is 8. The van der Waals surface area contributed by atoms with Gasteiger partial charge in [0, 0.05) is 50.2 Å². The van der Waals surface area contributed by atoms with Crippen molar-refractivity contribution in [2.24, 2.45) is 7.05 Å². The second-order valence-corrected chi connectivity index (χ2v) is 6.41. The van der Waals surface area contributed by atoms with E-state index in [4.69, 9.17) is 5.11 Å². The lowest BCUT2D eigenvalue weighted by Crippen LogP contribution is -2.43. The number of hydrogen-bond acceptors (Lipinski definition) is 4. The highest BCUT2D eigenvalue weighted by Crippen LogP contribution is 2.30. The first-order valence-electron chi connectivity index (χ1n) is 8.08. The maximum atomic E-state index is 12.1. The van der Waals surface area contributed by atoms with Crippen molar-refractivity contribution in [3.63, 3.8) is 0 Å². The third kappa shape index (κ3) is 4.81. The van der Waals surface area contributed by atoms with Crippen molar-refractivity contribution in [2.75, 3.05) is 0 Å². The lowest BCUT2D eigenvalue weighted by Gasteiger charge is -2.28. The summed E-state index contributed by atoms with van der Waals surface area (Å²) in [5.74, 6) is -1.09. The lowest BCUT2D eigenvalue weighted by molar-refractivity contribution is -0.137. The largest absolute Gasteiger partial charge is 0.481 e. The lowest BCUT2D eigenvalue weighted by atomic mass is 9.86. The van der Waals surface area contributed by atoms with Gasteiger partial charge in [0.15, 0.2) is 0 Å². The molecule has 1 aliphatic rings. The Morgan fingerprint density at radius 1 is 1.42 bits per heavy atom. The highest BCUT2D eigenvalue weighted by Gasteiger charge is 2.37. The fourth-order valence-electron chi connectivity index (χ4n) is 3.08. The zero-order valence-electron chi connectivity index (χ0n) is 14.1. The summed E-state index contributed by atoms with van der Waals surface area (Å²) in [6.45, 7) is 2.30. The quantitative estimate of drug-likeness (QED) is 0.645. The first-order chi connectivity index (χ1) is 11.3. The Kier molecular flexibility index (Phi) is 5.58. The molecule has 0 aromatic carbocycles. The Morgan fingerprint density at radius 3 is 2.67 bits per heavy atom. The van der Waals surface area contributed by atoms with Gasteiger partial charge in [0.05, 0.1) is 5.69 Å². The summed E-state index contributed by atoms with van der Waals surface area (Å²) >= 11 is 0. The smallest absolute Gasteiger partial charge is 0.303 e. The standard InChI is InChI=1S/C16H24N4O4/c1-11-12(10-20(2)19-11)9-17-13(21)3-6-16(8-5-15(23)24)7-4-14(22)18-16/h10H,3-9H2,1-2H3,(H,17,21)(H,18,22)(H,23,24). The van der Waals surface area contributed by atoms with Gasteiger partial charge in [-0.05, 0) is 26.2 Å². The normalized spacial score (nSPS) is 20.0. The second kappa shape index (κ2) is 7.46. The van der Waals surface area contributed by atoms with E-state index in [-0.39, 0.29) is 24.7 Å². The zero-order chi connectivity index (χ0) is 17.7. The molecule has 3 N–H and O–H groups in total. The SMILES string of the molecule is Cc1nn(C)cc1CNC(=O)CCC1(CCC(=O)O)CCC(=O)N1. The fourth-order valence-corrected chi connectivity index (χ4v) is 3.08. The Bertz CT molecular complexity index is 640. The van der Waals surface area contributed by atoms with Crippen LogP contribution in [0.2, 0.25) is 0 Å². The summed E-state index contributed by atoms with van der Waals surface area (Å²) in [6.07, 6.45) is 3.86. The van der Waals surface area contributed by atoms with Crippen molar-refractivity contribution in [2.45, 2.75) is 57.5 Å². The maximum Gasteiger partial charge on any atom is 0.303 e. The first kappa shape index (κ1) is 18.0. The van der Waals surface area contributed by atoms with Crippen molar-refractivity contribution in [3.05, 3.63) is 17.5 Å². The topological polar surface area (TPSA) is 113 Å². The van der Waals surface area contributed by atoms with E-state index >= 15 is 0 Å². The minimum atomic E-state index is -0.896. The van der Waals surface area contributed by atoms with Crippen LogP contribution in [0.1, 0.15) is 49.8 Å². The summed E-state index contributed by atoms with van der Waals surface area (Å²) < 4.78 is 1.70. The third-order valence-corrected chi connectivity index (χ3v) is 4.47. The van der Waals surface area contributed by atoms with Gasteiger partial charge >= 0.3 is 5.97 Å². The van der Waals surface area contributed by atoms with E-state index in [9.17, 15) is 14.4 Å². The van der Waals surface area contributed by atoms with E-state index in [0.717, 1.165) is 11.3 Å². The molecule has 1 atom stereocenters. The minimum absolute atomic E-state index is 0.0171. The molecule has 1 aromatic heterocycles. The van der Waals surface area contributed by atoms with E-state index < -0.39 is 11.5 Å². The van der Waals surface area contributed by atoms with Crippen LogP contribution < -0.4 is 10.6 Å². The van der Waals surface area contributed by atoms with Crippen molar-refractivity contribution in [3.8, 4) is 0 Å². The number of aliphatic carboxylic acids is 1. The van der Waals surface area contributed by atoms with Crippen LogP contribution in [0.4, 0.5) is 0 Å². The van der Waals surface area contributed by atoms with Crippen LogP contribution in [-0.4, -0.2) is 38.2 Å². The molecule has 2 rings (SSSR count). The number of carboxylic acids is 1. The van der Waals surface area contributed by atoms with Crippen LogP contribution >= 0.6 is 0 Å². The highest BCUT2D eigenvalue weighted by molar-refractivity contribution is 5.80. The number of carboxylic acid groups (broad SMARTS) is 1. The van der Waals surface area contributed by atoms with E-state index in [1.54, 1.807) is 4.68 Å². The van der Waals surface area contributed by atoms with E-state index in [0.29, 0.717) is 32.2 Å². The molecule has 0 aliphatic carbocycles. The molecule has 1 unspecified atom stereocenters. The Hall–Kier alpha value is -2.38. The molecule has 2 heterocycles. The first-order valence-corrected chi connectivity index (χ1v) is 8.08. The van der Waals surface area contributed by atoms with Gasteiger partial charge in [-0.15, -0.1) is 0 Å². The van der Waals surface area contributed by atoms with Gasteiger partial charge in [0.2, 0.25) is 11.8 Å². The molecule has 1 fully saturated rings. The molecule has 132 valence electrons. The molecule has 1 aliphatic heterocycles. The number of carbonyl (C=O) groups is 3. The Labute approximate surface area is 140 Å². The van der Waals surface area contributed by atoms with Gasteiger partial charge in [-0.2, -0.15) is 5.10 Å². The molecule has 0 spiro atoms. The van der Waals surface area contributed by atoms with E-state index in [1.165, 1.54) is 0 Å². The van der Waals surface area contributed by atoms with Gasteiger partial charge in [0.1, 0.15) is 0 Å². The van der Waals surface area contributed by atoms with Gasteiger partial charge in [-0.3, -0.25) is 19.1 Å². The van der Waals surface area contributed by atoms with Crippen LogP contribution in [0, 0.1) is 6.92 Å². The predicted molar refractivity (Wildman–Crippen MR) is 86.0 cm³/mol. The predicted octanol–water partition coefficient (Wildman–Crippen LogP) is 0.639. The van der Waals surface area contributed by atoms with Gasteiger partial charge in [-0.25, -0.2) is 0 Å². The second-order valence-electron chi connectivity index (χ2n) is 6.41. The number of aryl methyl sites for hydroxylation is 2. The van der Waals surface area contributed by atoms with Crippen LogP contribution in [0.25, 0.3) is 0 Å². The number of hydrogen-bond donors (Lipinski definition) is 3. The molecule has 8 heteroatoms. The number of amides is 2. The molecule has 24 heavy (non-hydrogen) atoms. The number of aromatic nitrogens is 2. The molecular weight excluding hydrogens is 312 g/mol. The van der Waals surface area contributed by atoms with Crippen molar-refractivity contribution in [1.29, 1.82) is 0 Å². The average Bonchev–Trinajstić information content (AvgIpc) is 3.04. The molecule has 0 bridgehead atoms. The monoisotopic (exact) mass is 336 g/mol. The average molecular weight is 336 g/mol. The summed E-state index contributed by atoms with van der Waals surface area (Å²) in [4.78, 5) is 34.4. The van der Waals surface area contributed by atoms with Crippen molar-refractivity contribution >= 4 is 17.8 Å². The fraction of sp³-hybridized carbons (Fsp3) is 0.625. The number of carbonyl (C=O) groups excluding carboxylic acids is 2. The zero-order valence-corrected chi connectivity index (χ0v) is 14.1. The Balaban J connectivity index is 1.84. The van der Waals surface area contributed by atoms with E-state index in [1.807, 2.05) is 20.2 Å². The van der Waals surface area contributed by atoms with Crippen molar-refractivity contribution < 1.29 is 19.5 Å². The van der Waals surface area contributed by atoms with Gasteiger partial charge in [0.25, 0.3) is 0 Å². The highest BCUT2D eigenvalue weighted by atomic mass is 16.4. The molecule has 8 nitrogen and oxygen atoms in total. The van der Waals surface area contributed by atoms with E-state index in [2.05, 4.69) is 15.7 Å². The molecule has 0 saturated carbocycles. The summed E-state index contributed by atoms with van der Waals surface area (Å²) in [6, 6.07) is 0. The summed E-state index contributed by atoms with van der Waals surface area (Å²) in [5, 5.41) is 18.8. The van der Waals surface area contributed by atoms with Gasteiger partial charge < -0.3 is 15.7 Å². The molecule has 1 saturated heterocycles. The molecule has 2 amide bonds. The maximum absolute atomic E-state index is 12.1. The minimum Gasteiger partial charge on any atom is -0.481 e. The third-order valence-electron chi connectivity index (χ3n) is 4.47. The summed E-state index contributed by atoms with van der Waals surface area (Å²) in [7, 11) is 1.83. The molecule has 0 radical (unpaired) electrons.